The van der Waals surface area contributed by atoms with E-state index in [0.29, 0.717) is 0 Å². The molecule has 0 aliphatic carbocycles. The average molecular weight is 212 g/mol. The Morgan fingerprint density at radius 1 is 1.00 bits per heavy atom. The molecule has 0 bridgehead atoms. The molecule has 0 aliphatic heterocycles. The van der Waals surface area contributed by atoms with E-state index in [9.17, 15) is 4.39 Å². The van der Waals surface area contributed by atoms with Crippen LogP contribution in [0, 0.1) is 5.82 Å². The Hall–Kier alpha value is -0.420. The maximum atomic E-state index is 12.7. The van der Waals surface area contributed by atoms with Crippen LogP contribution >= 0.6 is 7.92 Å². The molecular formula is C12H18FP. The zero-order valence-electron chi connectivity index (χ0n) is 8.96. The summed E-state index contributed by atoms with van der Waals surface area (Å²) in [5.74, 6) is -0.128. The molecule has 0 aromatic heterocycles. The summed E-state index contributed by atoms with van der Waals surface area (Å²) in [6.45, 7) is 4.43. The summed E-state index contributed by atoms with van der Waals surface area (Å²) in [6, 6.07) is 7.06. The van der Waals surface area contributed by atoms with E-state index < -0.39 is 0 Å². The minimum atomic E-state index is -0.128. The van der Waals surface area contributed by atoms with Crippen molar-refractivity contribution in [3.05, 3.63) is 30.1 Å². The smallest absolute Gasteiger partial charge is 0.123 e. The SMILES string of the molecule is CCCP(CCC)c1ccc(F)cc1. The average Bonchev–Trinajstić information content (AvgIpc) is 2.19. The van der Waals surface area contributed by atoms with Crippen LogP contribution < -0.4 is 5.30 Å². The predicted molar refractivity (Wildman–Crippen MR) is 63.3 cm³/mol. The van der Waals surface area contributed by atoms with Gasteiger partial charge in [-0.3, -0.25) is 0 Å². The third kappa shape index (κ3) is 3.38. The van der Waals surface area contributed by atoms with Crippen molar-refractivity contribution in [2.24, 2.45) is 0 Å². The first-order valence-corrected chi connectivity index (χ1v) is 6.99. The Kier molecular flexibility index (Phi) is 5.11. The number of halogens is 1. The summed E-state index contributed by atoms with van der Waals surface area (Å²) in [5, 5.41) is 1.35. The lowest BCUT2D eigenvalue weighted by Crippen LogP contribution is -2.05. The van der Waals surface area contributed by atoms with E-state index in [1.807, 2.05) is 12.1 Å². The highest BCUT2D eigenvalue weighted by Gasteiger charge is 2.08. The van der Waals surface area contributed by atoms with E-state index >= 15 is 0 Å². The van der Waals surface area contributed by atoms with Gasteiger partial charge in [0.25, 0.3) is 0 Å². The molecule has 0 N–H and O–H groups in total. The maximum absolute atomic E-state index is 12.7. The van der Waals surface area contributed by atoms with Crippen molar-refractivity contribution >= 4 is 13.2 Å². The second-order valence-corrected chi connectivity index (χ2v) is 5.95. The van der Waals surface area contributed by atoms with Gasteiger partial charge < -0.3 is 0 Å². The van der Waals surface area contributed by atoms with E-state index in [1.54, 1.807) is 12.1 Å². The molecule has 1 aromatic rings. The topological polar surface area (TPSA) is 0 Å². The molecule has 0 heterocycles. The molecule has 0 fully saturated rings. The molecule has 0 nitrogen and oxygen atoms in total. The van der Waals surface area contributed by atoms with Crippen LogP contribution in [0.5, 0.6) is 0 Å². The normalized spacial score (nSPS) is 10.9. The van der Waals surface area contributed by atoms with Gasteiger partial charge in [0, 0.05) is 0 Å². The fraction of sp³-hybridized carbons (Fsp3) is 0.500. The van der Waals surface area contributed by atoms with Crippen LogP contribution in [-0.4, -0.2) is 12.3 Å². The fourth-order valence-electron chi connectivity index (χ4n) is 1.56. The molecule has 0 radical (unpaired) electrons. The Bertz CT molecular complexity index is 250. The summed E-state index contributed by atoms with van der Waals surface area (Å²) >= 11 is 0. The standard InChI is InChI=1S/C12H18FP/c1-3-9-14(10-4-2)12-7-5-11(13)6-8-12/h5-8H,3-4,9-10H2,1-2H3. The number of rotatable bonds is 5. The molecule has 0 aliphatic rings. The quantitative estimate of drug-likeness (QED) is 0.652. The van der Waals surface area contributed by atoms with E-state index in [0.717, 1.165) is 0 Å². The van der Waals surface area contributed by atoms with Crippen LogP contribution in [0.1, 0.15) is 26.7 Å². The summed E-state index contributed by atoms with van der Waals surface area (Å²) in [7, 11) is -0.0350. The van der Waals surface area contributed by atoms with Crippen molar-refractivity contribution in [1.29, 1.82) is 0 Å². The van der Waals surface area contributed by atoms with Gasteiger partial charge in [0.15, 0.2) is 0 Å². The van der Waals surface area contributed by atoms with Crippen LogP contribution in [0.15, 0.2) is 24.3 Å². The molecule has 0 amide bonds. The minimum absolute atomic E-state index is 0.0350. The second-order valence-electron chi connectivity index (χ2n) is 3.46. The zero-order valence-corrected chi connectivity index (χ0v) is 9.86. The molecule has 0 saturated carbocycles. The van der Waals surface area contributed by atoms with E-state index in [1.165, 1.54) is 30.5 Å². The number of hydrogen-bond acceptors (Lipinski definition) is 0. The highest BCUT2D eigenvalue weighted by atomic mass is 31.1. The molecule has 2 heteroatoms. The zero-order chi connectivity index (χ0) is 10.4. The van der Waals surface area contributed by atoms with Crippen LogP contribution in [0.25, 0.3) is 0 Å². The number of hydrogen-bond donors (Lipinski definition) is 0. The van der Waals surface area contributed by atoms with Gasteiger partial charge in [-0.05, 0) is 29.8 Å². The first-order valence-electron chi connectivity index (χ1n) is 5.28. The summed E-state index contributed by atoms with van der Waals surface area (Å²) in [6.07, 6.45) is 5.00. The highest BCUT2D eigenvalue weighted by molar-refractivity contribution is 7.65. The molecule has 78 valence electrons. The van der Waals surface area contributed by atoms with E-state index in [4.69, 9.17) is 0 Å². The largest absolute Gasteiger partial charge is 0.207 e. The summed E-state index contributed by atoms with van der Waals surface area (Å²) < 4.78 is 12.7. The van der Waals surface area contributed by atoms with Gasteiger partial charge in [0.1, 0.15) is 5.82 Å². The third-order valence-electron chi connectivity index (χ3n) is 2.18. The van der Waals surface area contributed by atoms with Crippen LogP contribution in [0.2, 0.25) is 0 Å². The molecule has 0 unspecified atom stereocenters. The third-order valence-corrected chi connectivity index (χ3v) is 5.18. The van der Waals surface area contributed by atoms with Gasteiger partial charge in [0.05, 0.1) is 0 Å². The first kappa shape index (κ1) is 11.7. The first-order chi connectivity index (χ1) is 6.77. The lowest BCUT2D eigenvalue weighted by molar-refractivity contribution is 0.628. The van der Waals surface area contributed by atoms with E-state index in [-0.39, 0.29) is 13.7 Å². The Labute approximate surface area is 87.3 Å². The van der Waals surface area contributed by atoms with Gasteiger partial charge in [-0.2, -0.15) is 0 Å². The summed E-state index contributed by atoms with van der Waals surface area (Å²) in [5.41, 5.74) is 0. The van der Waals surface area contributed by atoms with Crippen LogP contribution in [0.4, 0.5) is 4.39 Å². The maximum Gasteiger partial charge on any atom is 0.123 e. The van der Waals surface area contributed by atoms with Crippen molar-refractivity contribution in [3.63, 3.8) is 0 Å². The monoisotopic (exact) mass is 212 g/mol. The van der Waals surface area contributed by atoms with Crippen molar-refractivity contribution in [2.45, 2.75) is 26.7 Å². The van der Waals surface area contributed by atoms with Crippen molar-refractivity contribution in [3.8, 4) is 0 Å². The lowest BCUT2D eigenvalue weighted by atomic mass is 10.3. The molecule has 0 spiro atoms. The number of benzene rings is 1. The fourth-order valence-corrected chi connectivity index (χ4v) is 3.95. The van der Waals surface area contributed by atoms with Crippen LogP contribution in [0.3, 0.4) is 0 Å². The highest BCUT2D eigenvalue weighted by Crippen LogP contribution is 2.35. The van der Waals surface area contributed by atoms with Gasteiger partial charge >= 0.3 is 0 Å². The molecule has 14 heavy (non-hydrogen) atoms. The molecule has 0 atom stereocenters. The van der Waals surface area contributed by atoms with Crippen LogP contribution in [-0.2, 0) is 0 Å². The van der Waals surface area contributed by atoms with Crippen molar-refractivity contribution in [2.75, 3.05) is 12.3 Å². The lowest BCUT2D eigenvalue weighted by Gasteiger charge is -2.16. The Morgan fingerprint density at radius 3 is 1.93 bits per heavy atom. The Morgan fingerprint density at radius 2 is 1.50 bits per heavy atom. The minimum Gasteiger partial charge on any atom is -0.207 e. The van der Waals surface area contributed by atoms with E-state index in [2.05, 4.69) is 13.8 Å². The molecule has 0 saturated heterocycles. The van der Waals surface area contributed by atoms with Gasteiger partial charge in [0.2, 0.25) is 0 Å². The van der Waals surface area contributed by atoms with Crippen molar-refractivity contribution in [1.82, 2.24) is 0 Å². The molecule has 1 aromatic carbocycles. The predicted octanol–water partition coefficient (Wildman–Crippen LogP) is 3.75. The Balaban J connectivity index is 2.71. The van der Waals surface area contributed by atoms with Crippen molar-refractivity contribution < 1.29 is 4.39 Å². The second kappa shape index (κ2) is 6.14. The summed E-state index contributed by atoms with van der Waals surface area (Å²) in [4.78, 5) is 0. The van der Waals surface area contributed by atoms with Gasteiger partial charge in [-0.1, -0.05) is 46.7 Å². The van der Waals surface area contributed by atoms with Gasteiger partial charge in [-0.15, -0.1) is 0 Å². The molecular weight excluding hydrogens is 194 g/mol. The molecule has 1 rings (SSSR count). The van der Waals surface area contributed by atoms with Gasteiger partial charge in [-0.25, -0.2) is 4.39 Å².